The second-order valence-corrected chi connectivity index (χ2v) is 2.79. The Bertz CT molecular complexity index is 96.0. The third-order valence-corrected chi connectivity index (χ3v) is 1.86. The Labute approximate surface area is 65.8 Å². The van der Waals surface area contributed by atoms with E-state index < -0.39 is 12.1 Å². The van der Waals surface area contributed by atoms with Gasteiger partial charge in [0, 0.05) is 0 Å². The molecule has 0 aromatic carbocycles. The number of halogens is 3. The Hall–Kier alpha value is -0.210. The highest BCUT2D eigenvalue weighted by Gasteiger charge is 2.37. The van der Waals surface area contributed by atoms with E-state index in [0.717, 1.165) is 6.42 Å². The van der Waals surface area contributed by atoms with Gasteiger partial charge in [0.05, 0.1) is 5.92 Å². The quantitative estimate of drug-likeness (QED) is 0.599. The van der Waals surface area contributed by atoms with Gasteiger partial charge in [-0.3, -0.25) is 0 Å². The zero-order chi connectivity index (χ0) is 8.91. The van der Waals surface area contributed by atoms with Gasteiger partial charge in [-0.15, -0.1) is 0 Å². The van der Waals surface area contributed by atoms with E-state index >= 15 is 0 Å². The van der Waals surface area contributed by atoms with Crippen LogP contribution in [0.3, 0.4) is 0 Å². The zero-order valence-corrected chi connectivity index (χ0v) is 7.04. The van der Waals surface area contributed by atoms with Gasteiger partial charge in [-0.05, 0) is 12.8 Å². The predicted octanol–water partition coefficient (Wildman–Crippen LogP) is 3.77. The summed E-state index contributed by atoms with van der Waals surface area (Å²) >= 11 is 0. The largest absolute Gasteiger partial charge is 0.391 e. The highest BCUT2D eigenvalue weighted by Crippen LogP contribution is 2.32. The minimum absolute atomic E-state index is 0.212. The van der Waals surface area contributed by atoms with Crippen molar-refractivity contribution in [3.05, 3.63) is 0 Å². The lowest BCUT2D eigenvalue weighted by Gasteiger charge is -2.17. The van der Waals surface area contributed by atoms with Crippen molar-refractivity contribution in [3.63, 3.8) is 0 Å². The van der Waals surface area contributed by atoms with Crippen LogP contribution in [0.15, 0.2) is 0 Å². The molecule has 0 radical (unpaired) electrons. The summed E-state index contributed by atoms with van der Waals surface area (Å²) in [5.74, 6) is -1.08. The van der Waals surface area contributed by atoms with Crippen molar-refractivity contribution in [1.29, 1.82) is 0 Å². The molecule has 0 N–H and O–H groups in total. The monoisotopic (exact) mass is 168 g/mol. The molecule has 0 amide bonds. The van der Waals surface area contributed by atoms with Crippen LogP contribution in [0.25, 0.3) is 0 Å². The van der Waals surface area contributed by atoms with Gasteiger partial charge in [-0.2, -0.15) is 13.2 Å². The topological polar surface area (TPSA) is 0 Å². The smallest absolute Gasteiger partial charge is 0.171 e. The molecule has 11 heavy (non-hydrogen) atoms. The fourth-order valence-electron chi connectivity index (χ4n) is 1.05. The number of unbranched alkanes of at least 4 members (excludes halogenated alkanes) is 1. The fraction of sp³-hybridized carbons (Fsp3) is 1.00. The molecular formula is C8H15F3. The summed E-state index contributed by atoms with van der Waals surface area (Å²) in [6.07, 6.45) is -1.96. The number of hydrogen-bond donors (Lipinski definition) is 0. The summed E-state index contributed by atoms with van der Waals surface area (Å²) in [6, 6.07) is 0. The minimum Gasteiger partial charge on any atom is -0.171 e. The van der Waals surface area contributed by atoms with Crippen molar-refractivity contribution in [3.8, 4) is 0 Å². The van der Waals surface area contributed by atoms with Gasteiger partial charge >= 0.3 is 6.18 Å². The summed E-state index contributed by atoms with van der Waals surface area (Å²) in [6.45, 7) is 3.50. The molecule has 0 unspecified atom stereocenters. The van der Waals surface area contributed by atoms with Crippen LogP contribution in [0.4, 0.5) is 13.2 Å². The molecule has 0 rings (SSSR count). The molecule has 0 aliphatic rings. The van der Waals surface area contributed by atoms with Gasteiger partial charge in [0.2, 0.25) is 0 Å². The second kappa shape index (κ2) is 4.62. The number of hydrogen-bond acceptors (Lipinski definition) is 0. The summed E-state index contributed by atoms with van der Waals surface area (Å²) in [4.78, 5) is 0. The Morgan fingerprint density at radius 2 is 1.73 bits per heavy atom. The molecule has 0 aliphatic heterocycles. The molecule has 0 heterocycles. The molecular weight excluding hydrogens is 153 g/mol. The summed E-state index contributed by atoms with van der Waals surface area (Å²) in [5.41, 5.74) is 0. The molecule has 0 aromatic rings. The molecule has 0 bridgehead atoms. The Morgan fingerprint density at radius 3 is 2.00 bits per heavy atom. The molecule has 68 valence electrons. The summed E-state index contributed by atoms with van der Waals surface area (Å²) < 4.78 is 36.1. The Morgan fingerprint density at radius 1 is 1.18 bits per heavy atom. The standard InChI is InChI=1S/C8H15F3/c1-3-5-6-7(4-2)8(9,10)11/h7H,3-6H2,1-2H3/t7-/m1/s1. The van der Waals surface area contributed by atoms with Crippen molar-refractivity contribution < 1.29 is 13.2 Å². The van der Waals surface area contributed by atoms with Gasteiger partial charge in [-0.1, -0.05) is 26.7 Å². The van der Waals surface area contributed by atoms with Gasteiger partial charge in [0.25, 0.3) is 0 Å². The van der Waals surface area contributed by atoms with Crippen molar-refractivity contribution >= 4 is 0 Å². The maximum Gasteiger partial charge on any atom is 0.391 e. The third kappa shape index (κ3) is 4.27. The normalized spacial score (nSPS) is 15.0. The lowest BCUT2D eigenvalue weighted by Crippen LogP contribution is -2.21. The van der Waals surface area contributed by atoms with E-state index in [0.29, 0.717) is 6.42 Å². The maximum atomic E-state index is 12.0. The van der Waals surface area contributed by atoms with Gasteiger partial charge in [-0.25, -0.2) is 0 Å². The maximum absolute atomic E-state index is 12.0. The van der Waals surface area contributed by atoms with Crippen LogP contribution >= 0.6 is 0 Å². The molecule has 0 saturated heterocycles. The zero-order valence-electron chi connectivity index (χ0n) is 7.04. The first-order chi connectivity index (χ1) is 5.02. The van der Waals surface area contributed by atoms with Crippen LogP contribution in [-0.4, -0.2) is 6.18 Å². The summed E-state index contributed by atoms with van der Waals surface area (Å²) in [7, 11) is 0. The van der Waals surface area contributed by atoms with E-state index in [4.69, 9.17) is 0 Å². The van der Waals surface area contributed by atoms with Crippen LogP contribution in [0.5, 0.6) is 0 Å². The Kier molecular flexibility index (Phi) is 4.54. The molecule has 1 atom stereocenters. The van der Waals surface area contributed by atoms with E-state index in [1.165, 1.54) is 0 Å². The van der Waals surface area contributed by atoms with E-state index in [1.54, 1.807) is 6.92 Å². The Balaban J connectivity index is 3.76. The number of alkyl halides is 3. The van der Waals surface area contributed by atoms with E-state index in [1.807, 2.05) is 6.92 Å². The first-order valence-electron chi connectivity index (χ1n) is 4.09. The molecule has 0 saturated carbocycles. The average molecular weight is 168 g/mol. The van der Waals surface area contributed by atoms with E-state index in [-0.39, 0.29) is 12.8 Å². The minimum atomic E-state index is -3.98. The lowest BCUT2D eigenvalue weighted by molar-refractivity contribution is -0.177. The van der Waals surface area contributed by atoms with Crippen LogP contribution in [0, 0.1) is 5.92 Å². The van der Waals surface area contributed by atoms with Gasteiger partial charge in [0.15, 0.2) is 0 Å². The summed E-state index contributed by atoms with van der Waals surface area (Å²) in [5, 5.41) is 0. The molecule has 0 aliphatic carbocycles. The highest BCUT2D eigenvalue weighted by atomic mass is 19.4. The number of rotatable bonds is 4. The predicted molar refractivity (Wildman–Crippen MR) is 39.4 cm³/mol. The van der Waals surface area contributed by atoms with Crippen LogP contribution < -0.4 is 0 Å². The van der Waals surface area contributed by atoms with Crippen LogP contribution in [-0.2, 0) is 0 Å². The highest BCUT2D eigenvalue weighted by molar-refractivity contribution is 4.65. The molecule has 3 heteroatoms. The average Bonchev–Trinajstić information content (AvgIpc) is 1.87. The molecule has 0 aromatic heterocycles. The third-order valence-electron chi connectivity index (χ3n) is 1.86. The van der Waals surface area contributed by atoms with Crippen LogP contribution in [0.2, 0.25) is 0 Å². The molecule has 0 fully saturated rings. The lowest BCUT2D eigenvalue weighted by atomic mass is 9.99. The van der Waals surface area contributed by atoms with Gasteiger partial charge in [0.1, 0.15) is 0 Å². The molecule has 0 nitrogen and oxygen atoms in total. The van der Waals surface area contributed by atoms with Crippen molar-refractivity contribution in [2.75, 3.05) is 0 Å². The first kappa shape index (κ1) is 10.8. The SMILES string of the molecule is CCCC[C@@H](CC)C(F)(F)F. The van der Waals surface area contributed by atoms with E-state index in [9.17, 15) is 13.2 Å². The van der Waals surface area contributed by atoms with Crippen molar-refractivity contribution in [2.45, 2.75) is 45.7 Å². The van der Waals surface area contributed by atoms with Gasteiger partial charge < -0.3 is 0 Å². The fourth-order valence-corrected chi connectivity index (χ4v) is 1.05. The second-order valence-electron chi connectivity index (χ2n) is 2.79. The molecule has 0 spiro atoms. The van der Waals surface area contributed by atoms with Crippen molar-refractivity contribution in [2.24, 2.45) is 5.92 Å². The van der Waals surface area contributed by atoms with E-state index in [2.05, 4.69) is 0 Å². The van der Waals surface area contributed by atoms with Crippen molar-refractivity contribution in [1.82, 2.24) is 0 Å². The first-order valence-corrected chi connectivity index (χ1v) is 4.09. The van der Waals surface area contributed by atoms with Crippen LogP contribution in [0.1, 0.15) is 39.5 Å².